The van der Waals surface area contributed by atoms with Gasteiger partial charge in [0.15, 0.2) is 5.41 Å². The van der Waals surface area contributed by atoms with Crippen LogP contribution in [0.15, 0.2) is 22.9 Å². The zero-order valence-corrected chi connectivity index (χ0v) is 14.0. The molecule has 0 saturated heterocycles. The van der Waals surface area contributed by atoms with Crippen LogP contribution < -0.4 is 5.73 Å². The van der Waals surface area contributed by atoms with Crippen molar-refractivity contribution in [1.82, 2.24) is 4.90 Å². The predicted octanol–water partition coefficient (Wildman–Crippen LogP) is 2.31. The lowest BCUT2D eigenvalue weighted by atomic mass is 9.58. The smallest absolute Gasteiger partial charge is 0.187 e. The minimum Gasteiger partial charge on any atom is -0.399 e. The molecule has 1 aliphatic heterocycles. The largest absolute Gasteiger partial charge is 0.399 e. The summed E-state index contributed by atoms with van der Waals surface area (Å²) in [5, 5.41) is 29.1. The van der Waals surface area contributed by atoms with E-state index in [1.807, 2.05) is 0 Å². The zero-order valence-electron chi connectivity index (χ0n) is 14.0. The second kappa shape index (κ2) is 6.45. The van der Waals surface area contributed by atoms with Crippen LogP contribution in [0.5, 0.6) is 0 Å². The van der Waals surface area contributed by atoms with Crippen LogP contribution in [-0.4, -0.2) is 24.5 Å². The van der Waals surface area contributed by atoms with Crippen LogP contribution in [0.3, 0.4) is 0 Å². The summed E-state index contributed by atoms with van der Waals surface area (Å²) < 4.78 is 0. The molecule has 0 aromatic rings. The molecule has 1 aliphatic carbocycles. The summed E-state index contributed by atoms with van der Waals surface area (Å²) in [4.78, 5) is 2.28. The molecule has 0 aromatic carbocycles. The molecule has 23 heavy (non-hydrogen) atoms. The standard InChI is InChI=1S/C18H23N5/c1-4-23-6-5-13-14(8-19)17(22)18(10-20,11-21)16(7-12(2)3)15(13)9-23/h5,12,15-16H,4,6-7,9,22H2,1-3H3/t15-,16-/m1/s1. The molecule has 0 bridgehead atoms. The van der Waals surface area contributed by atoms with Crippen LogP contribution in [0.4, 0.5) is 0 Å². The van der Waals surface area contributed by atoms with Gasteiger partial charge in [-0.05, 0) is 24.5 Å². The number of nitriles is 3. The lowest BCUT2D eigenvalue weighted by Gasteiger charge is -2.46. The molecule has 0 saturated carbocycles. The van der Waals surface area contributed by atoms with E-state index in [2.05, 4.69) is 50.0 Å². The zero-order chi connectivity index (χ0) is 17.2. The lowest BCUT2D eigenvalue weighted by Crippen LogP contribution is -2.49. The van der Waals surface area contributed by atoms with Crippen LogP contribution >= 0.6 is 0 Å². The molecule has 5 heteroatoms. The maximum absolute atomic E-state index is 9.79. The van der Waals surface area contributed by atoms with E-state index in [-0.39, 0.29) is 17.5 Å². The Kier molecular flexibility index (Phi) is 4.79. The third kappa shape index (κ3) is 2.61. The van der Waals surface area contributed by atoms with Crippen molar-refractivity contribution in [2.24, 2.45) is 28.9 Å². The molecular weight excluding hydrogens is 286 g/mol. The van der Waals surface area contributed by atoms with Gasteiger partial charge in [0.1, 0.15) is 6.07 Å². The van der Waals surface area contributed by atoms with Crippen LogP contribution in [-0.2, 0) is 0 Å². The Morgan fingerprint density at radius 3 is 2.48 bits per heavy atom. The van der Waals surface area contributed by atoms with E-state index >= 15 is 0 Å². The van der Waals surface area contributed by atoms with Gasteiger partial charge >= 0.3 is 0 Å². The van der Waals surface area contributed by atoms with Crippen molar-refractivity contribution in [3.63, 3.8) is 0 Å². The normalized spacial score (nSPS) is 26.7. The molecule has 0 spiro atoms. The molecule has 5 nitrogen and oxygen atoms in total. The number of hydrogen-bond acceptors (Lipinski definition) is 5. The van der Waals surface area contributed by atoms with E-state index < -0.39 is 5.41 Å². The Morgan fingerprint density at radius 1 is 1.35 bits per heavy atom. The van der Waals surface area contributed by atoms with E-state index in [4.69, 9.17) is 5.73 Å². The first-order valence-electron chi connectivity index (χ1n) is 8.10. The number of nitrogens with zero attached hydrogens (tertiary/aromatic N) is 4. The van der Waals surface area contributed by atoms with E-state index in [0.29, 0.717) is 11.5 Å². The molecule has 2 N–H and O–H groups in total. The minimum absolute atomic E-state index is 0.00681. The predicted molar refractivity (Wildman–Crippen MR) is 87.1 cm³/mol. The number of hydrogen-bond donors (Lipinski definition) is 1. The van der Waals surface area contributed by atoms with E-state index in [1.165, 1.54) is 0 Å². The second-order valence-corrected chi connectivity index (χ2v) is 6.79. The minimum atomic E-state index is -1.41. The Labute approximate surface area is 138 Å². The molecule has 0 aromatic heterocycles. The highest BCUT2D eigenvalue weighted by Crippen LogP contribution is 2.51. The molecule has 2 rings (SSSR count). The van der Waals surface area contributed by atoms with Crippen LogP contribution in [0.2, 0.25) is 0 Å². The maximum Gasteiger partial charge on any atom is 0.187 e. The van der Waals surface area contributed by atoms with Gasteiger partial charge in [0.05, 0.1) is 23.4 Å². The number of nitrogens with two attached hydrogens (primary N) is 1. The Balaban J connectivity index is 2.68. The molecule has 0 radical (unpaired) electrons. The van der Waals surface area contributed by atoms with Gasteiger partial charge in [-0.25, -0.2) is 0 Å². The first-order valence-corrected chi connectivity index (χ1v) is 8.10. The summed E-state index contributed by atoms with van der Waals surface area (Å²) in [5.74, 6) is 0.165. The van der Waals surface area contributed by atoms with Crippen LogP contribution in [0, 0.1) is 57.2 Å². The number of likely N-dealkylation sites (N-methyl/N-ethyl adjacent to an activating group) is 1. The van der Waals surface area contributed by atoms with Gasteiger partial charge < -0.3 is 5.73 Å². The van der Waals surface area contributed by atoms with Gasteiger partial charge in [-0.2, -0.15) is 15.8 Å². The average molecular weight is 309 g/mol. The molecule has 2 aliphatic rings. The Bertz CT molecular complexity index is 651. The first-order chi connectivity index (χ1) is 10.9. The molecule has 120 valence electrons. The molecule has 0 fully saturated rings. The van der Waals surface area contributed by atoms with E-state index in [0.717, 1.165) is 31.6 Å². The molecule has 0 unspecified atom stereocenters. The van der Waals surface area contributed by atoms with Crippen molar-refractivity contribution in [3.05, 3.63) is 22.9 Å². The van der Waals surface area contributed by atoms with Gasteiger partial charge in [0.25, 0.3) is 0 Å². The topological polar surface area (TPSA) is 101 Å². The third-order valence-electron chi connectivity index (χ3n) is 5.09. The fourth-order valence-electron chi connectivity index (χ4n) is 3.86. The van der Waals surface area contributed by atoms with Crippen LogP contribution in [0.25, 0.3) is 0 Å². The number of fused-ring (bicyclic) bond motifs is 1. The summed E-state index contributed by atoms with van der Waals surface area (Å²) >= 11 is 0. The van der Waals surface area contributed by atoms with Gasteiger partial charge in [-0.1, -0.05) is 26.8 Å². The van der Waals surface area contributed by atoms with Gasteiger partial charge in [0, 0.05) is 24.9 Å². The number of rotatable bonds is 3. The fourth-order valence-corrected chi connectivity index (χ4v) is 3.86. The van der Waals surface area contributed by atoms with Crippen LogP contribution in [0.1, 0.15) is 27.2 Å². The Hall–Kier alpha value is -2.29. The summed E-state index contributed by atoms with van der Waals surface area (Å²) in [7, 11) is 0. The number of allylic oxidation sites excluding steroid dienone is 2. The molecule has 1 heterocycles. The fraction of sp³-hybridized carbons (Fsp3) is 0.611. The lowest BCUT2D eigenvalue weighted by molar-refractivity contribution is 0.152. The van der Waals surface area contributed by atoms with Crippen molar-refractivity contribution in [3.8, 4) is 18.2 Å². The molecule has 2 atom stereocenters. The highest BCUT2D eigenvalue weighted by Gasteiger charge is 2.53. The van der Waals surface area contributed by atoms with Gasteiger partial charge in [0.2, 0.25) is 0 Å². The molecule has 0 amide bonds. The third-order valence-corrected chi connectivity index (χ3v) is 5.09. The summed E-state index contributed by atoms with van der Waals surface area (Å²) in [6, 6.07) is 6.47. The van der Waals surface area contributed by atoms with Crippen molar-refractivity contribution in [2.45, 2.75) is 27.2 Å². The van der Waals surface area contributed by atoms with Crippen molar-refractivity contribution in [2.75, 3.05) is 19.6 Å². The van der Waals surface area contributed by atoms with Crippen molar-refractivity contribution >= 4 is 0 Å². The molecular formula is C18H23N5. The second-order valence-electron chi connectivity index (χ2n) is 6.79. The first kappa shape index (κ1) is 17.1. The average Bonchev–Trinajstić information content (AvgIpc) is 2.55. The Morgan fingerprint density at radius 2 is 2.00 bits per heavy atom. The monoisotopic (exact) mass is 309 g/mol. The SMILES string of the molecule is CCN1CC=C2C(C#N)=C(N)C(C#N)(C#N)[C@H](CC(C)C)[C@@H]2C1. The van der Waals surface area contributed by atoms with Gasteiger partial charge in [-0.15, -0.1) is 0 Å². The quantitative estimate of drug-likeness (QED) is 0.862. The van der Waals surface area contributed by atoms with Crippen molar-refractivity contribution < 1.29 is 0 Å². The summed E-state index contributed by atoms with van der Waals surface area (Å²) in [6.45, 7) is 8.72. The highest BCUT2D eigenvalue weighted by molar-refractivity contribution is 5.56. The highest BCUT2D eigenvalue weighted by atomic mass is 15.1. The van der Waals surface area contributed by atoms with E-state index in [9.17, 15) is 15.8 Å². The maximum atomic E-state index is 9.79. The van der Waals surface area contributed by atoms with Gasteiger partial charge in [-0.3, -0.25) is 4.90 Å². The summed E-state index contributed by atoms with van der Waals surface area (Å²) in [6.07, 6.45) is 2.79. The summed E-state index contributed by atoms with van der Waals surface area (Å²) in [5.41, 5.74) is 6.19. The van der Waals surface area contributed by atoms with Crippen molar-refractivity contribution in [1.29, 1.82) is 15.8 Å². The van der Waals surface area contributed by atoms with E-state index in [1.54, 1.807) is 0 Å².